The fourth-order valence-electron chi connectivity index (χ4n) is 3.31. The Hall–Kier alpha value is -3.91. The van der Waals surface area contributed by atoms with Gasteiger partial charge in [0.15, 0.2) is 0 Å². The summed E-state index contributed by atoms with van der Waals surface area (Å²) in [6, 6.07) is 19.8. The number of nitrogens with zero attached hydrogens (tertiary/aromatic N) is 2. The van der Waals surface area contributed by atoms with Crippen LogP contribution < -0.4 is 4.74 Å². The topological polar surface area (TPSA) is 89.8 Å². The van der Waals surface area contributed by atoms with E-state index in [1.165, 1.54) is 24.3 Å². The molecular formula is C24H18N2O5S. The van der Waals surface area contributed by atoms with Gasteiger partial charge in [-0.2, -0.15) is 0 Å². The molecule has 1 saturated heterocycles. The molecule has 1 heterocycles. The summed E-state index contributed by atoms with van der Waals surface area (Å²) in [6.07, 6.45) is 4.56. The van der Waals surface area contributed by atoms with Crippen LogP contribution in [-0.2, 0) is 4.79 Å². The molecule has 0 radical (unpaired) electrons. The second-order valence-corrected chi connectivity index (χ2v) is 7.85. The van der Waals surface area contributed by atoms with Gasteiger partial charge < -0.3 is 4.74 Å². The molecule has 0 saturated carbocycles. The first-order valence-corrected chi connectivity index (χ1v) is 10.6. The lowest BCUT2D eigenvalue weighted by molar-refractivity contribution is -0.385. The van der Waals surface area contributed by atoms with Gasteiger partial charge in [0, 0.05) is 11.5 Å². The first-order chi connectivity index (χ1) is 15.5. The Labute approximate surface area is 188 Å². The summed E-state index contributed by atoms with van der Waals surface area (Å²) in [4.78, 5) is 36.9. The molecule has 3 aromatic carbocycles. The minimum absolute atomic E-state index is 0.0316. The van der Waals surface area contributed by atoms with Crippen LogP contribution in [0.15, 0.2) is 83.8 Å². The Bertz CT molecular complexity index is 1260. The summed E-state index contributed by atoms with van der Waals surface area (Å²) in [6.45, 7) is 0.296. The van der Waals surface area contributed by atoms with Crippen molar-refractivity contribution >= 4 is 45.4 Å². The van der Waals surface area contributed by atoms with Crippen LogP contribution in [-0.4, -0.2) is 34.1 Å². The second kappa shape index (κ2) is 9.49. The van der Waals surface area contributed by atoms with Crippen LogP contribution in [0.2, 0.25) is 0 Å². The molecule has 8 heteroatoms. The number of benzene rings is 3. The van der Waals surface area contributed by atoms with Gasteiger partial charge in [-0.15, -0.1) is 0 Å². The number of carbonyl (C=O) groups excluding carboxylic acids is 2. The van der Waals surface area contributed by atoms with Crippen molar-refractivity contribution in [1.29, 1.82) is 0 Å². The molecule has 0 aromatic heterocycles. The highest BCUT2D eigenvalue weighted by Gasteiger charge is 2.34. The smallest absolute Gasteiger partial charge is 0.293 e. The number of rotatable bonds is 7. The Kier molecular flexibility index (Phi) is 6.32. The zero-order valence-corrected chi connectivity index (χ0v) is 17.7. The highest BCUT2D eigenvalue weighted by atomic mass is 32.2. The quantitative estimate of drug-likeness (QED) is 0.273. The van der Waals surface area contributed by atoms with Crippen LogP contribution in [0.1, 0.15) is 5.56 Å². The molecule has 160 valence electrons. The molecule has 1 aliphatic rings. The van der Waals surface area contributed by atoms with Crippen molar-refractivity contribution < 1.29 is 19.2 Å². The van der Waals surface area contributed by atoms with Gasteiger partial charge in [0.2, 0.25) is 0 Å². The highest BCUT2D eigenvalue weighted by molar-refractivity contribution is 8.18. The Morgan fingerprint density at radius 3 is 2.59 bits per heavy atom. The summed E-state index contributed by atoms with van der Waals surface area (Å²) in [5, 5.41) is 12.7. The standard InChI is InChI=1S/C24H18N2O5S/c27-23-22(14-6-10-18-8-2-4-12-20(18)26(29)30)32-24(28)25(23)15-16-31-21-13-5-9-17-7-1-3-11-19(17)21/h1-14H,15-16H2/b10-6+,22-14-. The Balaban J connectivity index is 1.40. The number of fused-ring (bicyclic) bond motifs is 1. The van der Waals surface area contributed by atoms with E-state index in [-0.39, 0.29) is 29.0 Å². The molecule has 1 aliphatic heterocycles. The van der Waals surface area contributed by atoms with E-state index in [1.54, 1.807) is 18.2 Å². The maximum absolute atomic E-state index is 12.6. The third kappa shape index (κ3) is 4.55. The maximum atomic E-state index is 12.6. The number of hydrogen-bond acceptors (Lipinski definition) is 6. The van der Waals surface area contributed by atoms with E-state index < -0.39 is 10.8 Å². The molecule has 3 aromatic rings. The molecule has 0 aliphatic carbocycles. The molecule has 0 spiro atoms. The summed E-state index contributed by atoms with van der Waals surface area (Å²) in [5.74, 6) is 0.284. The molecule has 0 N–H and O–H groups in total. The molecule has 7 nitrogen and oxygen atoms in total. The maximum Gasteiger partial charge on any atom is 0.293 e. The minimum atomic E-state index is -0.469. The monoisotopic (exact) mass is 446 g/mol. The van der Waals surface area contributed by atoms with Gasteiger partial charge in [-0.1, -0.05) is 54.6 Å². The lowest BCUT2D eigenvalue weighted by atomic mass is 10.1. The van der Waals surface area contributed by atoms with E-state index in [2.05, 4.69) is 0 Å². The van der Waals surface area contributed by atoms with Gasteiger partial charge in [0.1, 0.15) is 12.4 Å². The van der Waals surface area contributed by atoms with Crippen LogP contribution in [0, 0.1) is 10.1 Å². The Morgan fingerprint density at radius 1 is 1.00 bits per heavy atom. The van der Waals surface area contributed by atoms with E-state index in [0.29, 0.717) is 11.3 Å². The van der Waals surface area contributed by atoms with Gasteiger partial charge >= 0.3 is 0 Å². The van der Waals surface area contributed by atoms with Crippen molar-refractivity contribution in [3.63, 3.8) is 0 Å². The Morgan fingerprint density at radius 2 is 1.75 bits per heavy atom. The van der Waals surface area contributed by atoms with Crippen molar-refractivity contribution in [3.8, 4) is 5.75 Å². The lowest BCUT2D eigenvalue weighted by Crippen LogP contribution is -2.32. The molecule has 0 unspecified atom stereocenters. The van der Waals surface area contributed by atoms with Crippen LogP contribution in [0.25, 0.3) is 16.8 Å². The molecule has 1 fully saturated rings. The number of thioether (sulfide) groups is 1. The first kappa shape index (κ1) is 21.3. The zero-order chi connectivity index (χ0) is 22.5. The minimum Gasteiger partial charge on any atom is -0.491 e. The highest BCUT2D eigenvalue weighted by Crippen LogP contribution is 2.31. The van der Waals surface area contributed by atoms with Crippen molar-refractivity contribution in [1.82, 2.24) is 4.90 Å². The second-order valence-electron chi connectivity index (χ2n) is 6.86. The number of hydrogen-bond donors (Lipinski definition) is 0. The van der Waals surface area contributed by atoms with Gasteiger partial charge in [0.05, 0.1) is 21.9 Å². The molecule has 4 rings (SSSR count). The number of imide groups is 1. The number of para-hydroxylation sites is 1. The first-order valence-electron chi connectivity index (χ1n) is 9.80. The van der Waals surface area contributed by atoms with Gasteiger partial charge in [-0.05, 0) is 41.4 Å². The predicted molar refractivity (Wildman–Crippen MR) is 124 cm³/mol. The number of allylic oxidation sites excluding steroid dienone is 2. The third-order valence-electron chi connectivity index (χ3n) is 4.85. The van der Waals surface area contributed by atoms with Crippen LogP contribution in [0.5, 0.6) is 5.75 Å². The average molecular weight is 446 g/mol. The molecule has 0 atom stereocenters. The number of amides is 2. The van der Waals surface area contributed by atoms with Crippen LogP contribution in [0.4, 0.5) is 10.5 Å². The zero-order valence-electron chi connectivity index (χ0n) is 16.8. The summed E-state index contributed by atoms with van der Waals surface area (Å²) in [5.41, 5.74) is 0.382. The molecule has 0 bridgehead atoms. The lowest BCUT2D eigenvalue weighted by Gasteiger charge is -2.14. The van der Waals surface area contributed by atoms with E-state index in [0.717, 1.165) is 27.4 Å². The van der Waals surface area contributed by atoms with Gasteiger partial charge in [-0.25, -0.2) is 0 Å². The van der Waals surface area contributed by atoms with E-state index >= 15 is 0 Å². The number of nitro benzene ring substituents is 1. The fraction of sp³-hybridized carbons (Fsp3) is 0.0833. The summed E-state index contributed by atoms with van der Waals surface area (Å²) < 4.78 is 5.84. The summed E-state index contributed by atoms with van der Waals surface area (Å²) in [7, 11) is 0. The van der Waals surface area contributed by atoms with Gasteiger partial charge in [0.25, 0.3) is 16.8 Å². The van der Waals surface area contributed by atoms with Crippen LogP contribution in [0.3, 0.4) is 0 Å². The molecular weight excluding hydrogens is 428 g/mol. The van der Waals surface area contributed by atoms with Crippen molar-refractivity contribution in [2.45, 2.75) is 0 Å². The van der Waals surface area contributed by atoms with Crippen molar-refractivity contribution in [3.05, 3.63) is 99.5 Å². The predicted octanol–water partition coefficient (Wildman–Crippen LogP) is 5.42. The average Bonchev–Trinajstić information content (AvgIpc) is 3.07. The van der Waals surface area contributed by atoms with Crippen molar-refractivity contribution in [2.24, 2.45) is 0 Å². The van der Waals surface area contributed by atoms with Crippen molar-refractivity contribution in [2.75, 3.05) is 13.2 Å². The van der Waals surface area contributed by atoms with Crippen LogP contribution >= 0.6 is 11.8 Å². The van der Waals surface area contributed by atoms with E-state index in [4.69, 9.17) is 4.74 Å². The largest absolute Gasteiger partial charge is 0.491 e. The SMILES string of the molecule is O=C1S/C(=C\C=C\c2ccccc2[N+](=O)[O-])C(=O)N1CCOc1cccc2ccccc12. The number of ether oxygens (including phenoxy) is 1. The number of nitro groups is 1. The molecule has 32 heavy (non-hydrogen) atoms. The van der Waals surface area contributed by atoms with E-state index in [9.17, 15) is 19.7 Å². The number of carbonyl (C=O) groups is 2. The summed E-state index contributed by atoms with van der Waals surface area (Å²) >= 11 is 0.834. The fourth-order valence-corrected chi connectivity index (χ4v) is 4.13. The molecule has 2 amide bonds. The normalized spacial score (nSPS) is 15.2. The van der Waals surface area contributed by atoms with E-state index in [1.807, 2.05) is 42.5 Å². The van der Waals surface area contributed by atoms with Gasteiger partial charge in [-0.3, -0.25) is 24.6 Å². The third-order valence-corrected chi connectivity index (χ3v) is 5.78.